The summed E-state index contributed by atoms with van der Waals surface area (Å²) in [6.07, 6.45) is 5.94. The average Bonchev–Trinajstić information content (AvgIpc) is 2.51. The van der Waals surface area contributed by atoms with Crippen LogP contribution in [0.3, 0.4) is 0 Å². The molecule has 1 aromatic carbocycles. The van der Waals surface area contributed by atoms with E-state index >= 15 is 0 Å². The molecule has 0 aliphatic rings. The van der Waals surface area contributed by atoms with Gasteiger partial charge in [0, 0.05) is 18.3 Å². The van der Waals surface area contributed by atoms with Crippen LogP contribution in [0.5, 0.6) is 0 Å². The molecule has 0 bridgehead atoms. The SMILES string of the molecule is C=CCC[C@@H](c1cccc(F)c1F)[C@H](N)c1nccnc1Br. The molecule has 1 heterocycles. The molecule has 0 saturated carbocycles. The number of halogens is 3. The normalized spacial score (nSPS) is 13.6. The molecule has 0 aliphatic carbocycles. The van der Waals surface area contributed by atoms with Gasteiger partial charge in [0.25, 0.3) is 0 Å². The third-order valence-corrected chi connectivity index (χ3v) is 4.10. The van der Waals surface area contributed by atoms with Crippen LogP contribution < -0.4 is 5.73 Å². The van der Waals surface area contributed by atoms with Crippen molar-refractivity contribution < 1.29 is 8.78 Å². The van der Waals surface area contributed by atoms with Crippen LogP contribution in [0.1, 0.15) is 36.1 Å². The lowest BCUT2D eigenvalue weighted by Gasteiger charge is -2.24. The molecule has 116 valence electrons. The lowest BCUT2D eigenvalue weighted by molar-refractivity contribution is 0.450. The van der Waals surface area contributed by atoms with Gasteiger partial charge in [0.15, 0.2) is 11.6 Å². The summed E-state index contributed by atoms with van der Waals surface area (Å²) in [6, 6.07) is 3.51. The molecule has 2 atom stereocenters. The van der Waals surface area contributed by atoms with Gasteiger partial charge in [0.05, 0.1) is 11.7 Å². The summed E-state index contributed by atoms with van der Waals surface area (Å²) < 4.78 is 28.2. The van der Waals surface area contributed by atoms with Crippen molar-refractivity contribution in [2.45, 2.75) is 24.8 Å². The molecular weight excluding hydrogens is 352 g/mol. The minimum Gasteiger partial charge on any atom is -0.322 e. The van der Waals surface area contributed by atoms with Crippen LogP contribution in [-0.4, -0.2) is 9.97 Å². The Bertz CT molecular complexity index is 664. The molecule has 0 saturated heterocycles. The third-order valence-electron chi connectivity index (χ3n) is 3.49. The molecule has 0 fully saturated rings. The summed E-state index contributed by atoms with van der Waals surface area (Å²) in [5.41, 5.74) is 7.03. The zero-order chi connectivity index (χ0) is 16.1. The molecule has 3 nitrogen and oxygen atoms in total. The number of hydrogen-bond donors (Lipinski definition) is 1. The molecule has 0 radical (unpaired) electrons. The van der Waals surface area contributed by atoms with Crippen molar-refractivity contribution in [3.8, 4) is 0 Å². The highest BCUT2D eigenvalue weighted by atomic mass is 79.9. The monoisotopic (exact) mass is 367 g/mol. The highest BCUT2D eigenvalue weighted by Crippen LogP contribution is 2.36. The number of rotatable bonds is 6. The van der Waals surface area contributed by atoms with Gasteiger partial charge in [-0.2, -0.15) is 0 Å². The maximum Gasteiger partial charge on any atom is 0.162 e. The Kier molecular flexibility index (Phi) is 5.74. The van der Waals surface area contributed by atoms with Gasteiger partial charge in [-0.3, -0.25) is 4.98 Å². The van der Waals surface area contributed by atoms with Crippen molar-refractivity contribution in [1.29, 1.82) is 0 Å². The van der Waals surface area contributed by atoms with Crippen molar-refractivity contribution in [3.05, 3.63) is 70.7 Å². The van der Waals surface area contributed by atoms with E-state index in [2.05, 4.69) is 32.5 Å². The van der Waals surface area contributed by atoms with E-state index in [4.69, 9.17) is 5.73 Å². The molecule has 2 aromatic rings. The largest absolute Gasteiger partial charge is 0.322 e. The first kappa shape index (κ1) is 16.7. The van der Waals surface area contributed by atoms with E-state index in [0.717, 1.165) is 6.07 Å². The van der Waals surface area contributed by atoms with Crippen molar-refractivity contribution >= 4 is 15.9 Å². The predicted molar refractivity (Wildman–Crippen MR) is 85.2 cm³/mol. The molecule has 2 rings (SSSR count). The minimum absolute atomic E-state index is 0.243. The zero-order valence-electron chi connectivity index (χ0n) is 11.8. The van der Waals surface area contributed by atoms with E-state index in [1.165, 1.54) is 18.5 Å². The second-order valence-corrected chi connectivity index (χ2v) is 5.62. The highest BCUT2D eigenvalue weighted by molar-refractivity contribution is 9.10. The average molecular weight is 368 g/mol. The molecule has 22 heavy (non-hydrogen) atoms. The topological polar surface area (TPSA) is 51.8 Å². The smallest absolute Gasteiger partial charge is 0.162 e. The van der Waals surface area contributed by atoms with Crippen LogP contribution in [-0.2, 0) is 0 Å². The number of aromatic nitrogens is 2. The van der Waals surface area contributed by atoms with E-state index in [0.29, 0.717) is 23.1 Å². The van der Waals surface area contributed by atoms with Crippen molar-refractivity contribution in [3.63, 3.8) is 0 Å². The fourth-order valence-corrected chi connectivity index (χ4v) is 2.86. The van der Waals surface area contributed by atoms with E-state index < -0.39 is 23.6 Å². The van der Waals surface area contributed by atoms with E-state index in [1.807, 2.05) is 0 Å². The van der Waals surface area contributed by atoms with Gasteiger partial charge in [-0.05, 0) is 40.4 Å². The molecule has 1 aromatic heterocycles. The standard InChI is InChI=1S/C16H16BrF2N3/c1-2-3-5-11(10-6-4-7-12(18)13(10)19)14(20)15-16(17)22-9-8-21-15/h2,4,6-9,11,14H,1,3,5,20H2/t11-,14-/m0/s1. The van der Waals surface area contributed by atoms with Crippen LogP contribution in [0, 0.1) is 11.6 Å². The maximum absolute atomic E-state index is 14.2. The van der Waals surface area contributed by atoms with E-state index in [9.17, 15) is 8.78 Å². The molecule has 0 unspecified atom stereocenters. The van der Waals surface area contributed by atoms with Gasteiger partial charge < -0.3 is 5.73 Å². The maximum atomic E-state index is 14.2. The molecule has 2 N–H and O–H groups in total. The molecule has 0 spiro atoms. The number of nitrogens with two attached hydrogens (primary N) is 1. The summed E-state index contributed by atoms with van der Waals surface area (Å²) in [6.45, 7) is 3.67. The number of hydrogen-bond acceptors (Lipinski definition) is 3. The number of nitrogens with zero attached hydrogens (tertiary/aromatic N) is 2. The first-order valence-corrected chi connectivity index (χ1v) is 7.62. The second kappa shape index (κ2) is 7.56. The van der Waals surface area contributed by atoms with Crippen LogP contribution >= 0.6 is 15.9 Å². The third kappa shape index (κ3) is 3.56. The Balaban J connectivity index is 2.43. The Morgan fingerprint density at radius 3 is 2.68 bits per heavy atom. The van der Waals surface area contributed by atoms with Crippen molar-refractivity contribution in [2.75, 3.05) is 0 Å². The van der Waals surface area contributed by atoms with Crippen LogP contribution in [0.25, 0.3) is 0 Å². The second-order valence-electron chi connectivity index (χ2n) is 4.87. The quantitative estimate of drug-likeness (QED) is 0.775. The Hall–Kier alpha value is -1.66. The number of benzene rings is 1. The Morgan fingerprint density at radius 1 is 1.27 bits per heavy atom. The molecule has 6 heteroatoms. The highest BCUT2D eigenvalue weighted by Gasteiger charge is 2.27. The molecule has 0 aliphatic heterocycles. The number of allylic oxidation sites excluding steroid dienone is 1. The lowest BCUT2D eigenvalue weighted by Crippen LogP contribution is -2.23. The molecule has 0 amide bonds. The first-order chi connectivity index (χ1) is 10.6. The summed E-state index contributed by atoms with van der Waals surface area (Å²) in [5.74, 6) is -2.18. The van der Waals surface area contributed by atoms with Gasteiger partial charge in [0.2, 0.25) is 0 Å². The summed E-state index contributed by atoms with van der Waals surface area (Å²) in [4.78, 5) is 8.29. The van der Waals surface area contributed by atoms with Gasteiger partial charge >= 0.3 is 0 Å². The van der Waals surface area contributed by atoms with Crippen LogP contribution in [0.2, 0.25) is 0 Å². The fraction of sp³-hybridized carbons (Fsp3) is 0.250. The fourth-order valence-electron chi connectivity index (χ4n) is 2.38. The van der Waals surface area contributed by atoms with Gasteiger partial charge in [-0.25, -0.2) is 13.8 Å². The minimum atomic E-state index is -0.883. The molecular formula is C16H16BrF2N3. The van der Waals surface area contributed by atoms with Gasteiger partial charge in [-0.15, -0.1) is 6.58 Å². The van der Waals surface area contributed by atoms with Gasteiger partial charge in [0.1, 0.15) is 4.60 Å². The van der Waals surface area contributed by atoms with Crippen molar-refractivity contribution in [2.24, 2.45) is 5.73 Å². The summed E-state index contributed by atoms with van der Waals surface area (Å²) >= 11 is 3.30. The lowest BCUT2D eigenvalue weighted by atomic mass is 9.86. The zero-order valence-corrected chi connectivity index (χ0v) is 13.4. The van der Waals surface area contributed by atoms with Crippen LogP contribution in [0.4, 0.5) is 8.78 Å². The summed E-state index contributed by atoms with van der Waals surface area (Å²) in [5, 5.41) is 0. The van der Waals surface area contributed by atoms with Gasteiger partial charge in [-0.1, -0.05) is 18.2 Å². The predicted octanol–water partition coefficient (Wildman–Crippen LogP) is 4.27. The summed E-state index contributed by atoms with van der Waals surface area (Å²) in [7, 11) is 0. The van der Waals surface area contributed by atoms with Crippen molar-refractivity contribution in [1.82, 2.24) is 9.97 Å². The Labute approximate surface area is 136 Å². The Morgan fingerprint density at radius 2 is 2.00 bits per heavy atom. The van der Waals surface area contributed by atoms with E-state index in [-0.39, 0.29) is 5.56 Å². The first-order valence-electron chi connectivity index (χ1n) is 6.83. The van der Waals surface area contributed by atoms with Crippen LogP contribution in [0.15, 0.2) is 47.9 Å². The van der Waals surface area contributed by atoms with E-state index in [1.54, 1.807) is 12.1 Å².